The van der Waals surface area contributed by atoms with Crippen LogP contribution < -0.4 is 10.6 Å². The lowest BCUT2D eigenvalue weighted by Crippen LogP contribution is -2.35. The van der Waals surface area contributed by atoms with Gasteiger partial charge in [-0.1, -0.05) is 18.7 Å². The molecule has 5 heteroatoms. The zero-order valence-corrected chi connectivity index (χ0v) is 11.9. The number of nitrogens with one attached hydrogen (secondary N) is 2. The maximum atomic E-state index is 11.9. The van der Waals surface area contributed by atoms with Gasteiger partial charge in [0.25, 0.3) is 5.91 Å². The Hall–Kier alpha value is -2.30. The second-order valence-corrected chi connectivity index (χ2v) is 4.37. The highest BCUT2D eigenvalue weighted by Gasteiger charge is 2.06. The number of benzene rings is 1. The quantitative estimate of drug-likeness (QED) is 0.616. The molecule has 0 aliphatic heterocycles. The molecule has 0 radical (unpaired) electrons. The third-order valence-corrected chi connectivity index (χ3v) is 2.78. The summed E-state index contributed by atoms with van der Waals surface area (Å²) in [4.78, 5) is 23.0. The first kappa shape index (κ1) is 15.8. The van der Waals surface area contributed by atoms with Crippen molar-refractivity contribution in [3.05, 3.63) is 47.5 Å². The third kappa shape index (κ3) is 5.14. The Morgan fingerprint density at radius 2 is 1.90 bits per heavy atom. The van der Waals surface area contributed by atoms with Crippen LogP contribution in [0.1, 0.15) is 21.5 Å². The van der Waals surface area contributed by atoms with Crippen molar-refractivity contribution in [1.82, 2.24) is 10.6 Å². The molecule has 1 aromatic rings. The molecule has 1 aromatic carbocycles. The predicted molar refractivity (Wildman–Crippen MR) is 77.8 cm³/mol. The van der Waals surface area contributed by atoms with Crippen LogP contribution >= 0.6 is 0 Å². The summed E-state index contributed by atoms with van der Waals surface area (Å²) in [6.45, 7) is 8.22. The summed E-state index contributed by atoms with van der Waals surface area (Å²) in [6.07, 6.45) is 0.964. The van der Waals surface area contributed by atoms with Gasteiger partial charge in [0, 0.05) is 18.7 Å². The number of aryl methyl sites for hydroxylation is 2. The van der Waals surface area contributed by atoms with Crippen molar-refractivity contribution < 1.29 is 14.3 Å². The van der Waals surface area contributed by atoms with Gasteiger partial charge in [-0.15, -0.1) is 0 Å². The van der Waals surface area contributed by atoms with Crippen molar-refractivity contribution in [3.63, 3.8) is 0 Å². The molecule has 1 rings (SSSR count). The summed E-state index contributed by atoms with van der Waals surface area (Å²) in [6, 6.07) is 5.54. The standard InChI is InChI=1S/C15H20N2O3/c1-4-9-20-15(19)17-8-7-16-14(18)13-6-5-11(2)12(3)10-13/h4-6,10H,1,7-9H2,2-3H3,(H,16,18)(H,17,19). The molecule has 0 bridgehead atoms. The van der Waals surface area contributed by atoms with Gasteiger partial charge >= 0.3 is 6.09 Å². The fraction of sp³-hybridized carbons (Fsp3) is 0.333. The van der Waals surface area contributed by atoms with E-state index in [0.717, 1.165) is 11.1 Å². The van der Waals surface area contributed by atoms with Crippen LogP contribution in [0.5, 0.6) is 0 Å². The van der Waals surface area contributed by atoms with E-state index in [9.17, 15) is 9.59 Å². The predicted octanol–water partition coefficient (Wildman–Crippen LogP) is 1.95. The Bertz CT molecular complexity index is 498. The molecule has 20 heavy (non-hydrogen) atoms. The lowest BCUT2D eigenvalue weighted by atomic mass is 10.1. The molecule has 0 atom stereocenters. The molecule has 0 unspecified atom stereocenters. The van der Waals surface area contributed by atoms with Crippen molar-refractivity contribution in [1.29, 1.82) is 0 Å². The van der Waals surface area contributed by atoms with Crippen LogP contribution in [0.4, 0.5) is 4.79 Å². The zero-order valence-electron chi connectivity index (χ0n) is 11.9. The van der Waals surface area contributed by atoms with Crippen molar-refractivity contribution in [3.8, 4) is 0 Å². The van der Waals surface area contributed by atoms with Crippen molar-refractivity contribution >= 4 is 12.0 Å². The van der Waals surface area contributed by atoms with Gasteiger partial charge in [0.2, 0.25) is 0 Å². The highest BCUT2D eigenvalue weighted by atomic mass is 16.5. The zero-order chi connectivity index (χ0) is 15.0. The van der Waals surface area contributed by atoms with Crippen molar-refractivity contribution in [2.45, 2.75) is 13.8 Å². The molecule has 0 fully saturated rings. The smallest absolute Gasteiger partial charge is 0.407 e. The Morgan fingerprint density at radius 3 is 2.55 bits per heavy atom. The Labute approximate surface area is 119 Å². The highest BCUT2D eigenvalue weighted by Crippen LogP contribution is 2.09. The monoisotopic (exact) mass is 276 g/mol. The van der Waals surface area contributed by atoms with Crippen LogP contribution in [-0.2, 0) is 4.74 Å². The second-order valence-electron chi connectivity index (χ2n) is 4.37. The average molecular weight is 276 g/mol. The molecule has 0 aliphatic rings. The normalized spacial score (nSPS) is 9.70. The van der Waals surface area contributed by atoms with Gasteiger partial charge in [-0.25, -0.2) is 4.79 Å². The average Bonchev–Trinajstić information content (AvgIpc) is 2.44. The molecule has 0 heterocycles. The molecular formula is C15H20N2O3. The third-order valence-electron chi connectivity index (χ3n) is 2.78. The lowest BCUT2D eigenvalue weighted by Gasteiger charge is -2.08. The van der Waals surface area contributed by atoms with Gasteiger partial charge in [-0.3, -0.25) is 4.79 Å². The minimum absolute atomic E-state index is 0.158. The highest BCUT2D eigenvalue weighted by molar-refractivity contribution is 5.94. The van der Waals surface area contributed by atoms with Gasteiger partial charge in [0.05, 0.1) is 0 Å². The molecule has 0 spiro atoms. The molecule has 2 amide bonds. The number of carbonyl (C=O) groups excluding carboxylic acids is 2. The van der Waals surface area contributed by atoms with Gasteiger partial charge in [0.1, 0.15) is 6.61 Å². The number of ether oxygens (including phenoxy) is 1. The SMILES string of the molecule is C=CCOC(=O)NCCNC(=O)c1ccc(C)c(C)c1. The first-order chi connectivity index (χ1) is 9.54. The Morgan fingerprint density at radius 1 is 1.20 bits per heavy atom. The van der Waals surface area contributed by atoms with Crippen molar-refractivity contribution in [2.24, 2.45) is 0 Å². The first-order valence-corrected chi connectivity index (χ1v) is 6.41. The van der Waals surface area contributed by atoms with Crippen LogP contribution in [0.25, 0.3) is 0 Å². The van der Waals surface area contributed by atoms with E-state index in [1.54, 1.807) is 6.07 Å². The van der Waals surface area contributed by atoms with Crippen LogP contribution in [0.15, 0.2) is 30.9 Å². The van der Waals surface area contributed by atoms with Crippen molar-refractivity contribution in [2.75, 3.05) is 19.7 Å². The number of alkyl carbamates (subject to hydrolysis) is 1. The largest absolute Gasteiger partial charge is 0.445 e. The molecule has 5 nitrogen and oxygen atoms in total. The first-order valence-electron chi connectivity index (χ1n) is 6.41. The van der Waals surface area contributed by atoms with E-state index < -0.39 is 6.09 Å². The topological polar surface area (TPSA) is 67.4 Å². The maximum Gasteiger partial charge on any atom is 0.407 e. The summed E-state index contributed by atoms with van der Waals surface area (Å²) >= 11 is 0. The summed E-state index contributed by atoms with van der Waals surface area (Å²) < 4.78 is 4.73. The summed E-state index contributed by atoms with van der Waals surface area (Å²) in [5.74, 6) is -0.158. The van der Waals surface area contributed by atoms with Gasteiger partial charge < -0.3 is 15.4 Å². The molecule has 0 aromatic heterocycles. The minimum atomic E-state index is -0.523. The number of rotatable bonds is 6. The number of carbonyl (C=O) groups is 2. The van der Waals surface area contributed by atoms with E-state index in [1.165, 1.54) is 6.08 Å². The van der Waals surface area contributed by atoms with Crippen LogP contribution in [0, 0.1) is 13.8 Å². The van der Waals surface area contributed by atoms with E-state index in [2.05, 4.69) is 17.2 Å². The fourth-order valence-corrected chi connectivity index (χ4v) is 1.51. The molecular weight excluding hydrogens is 256 g/mol. The van der Waals surface area contributed by atoms with E-state index in [1.807, 2.05) is 26.0 Å². The maximum absolute atomic E-state index is 11.9. The number of amides is 2. The van der Waals surface area contributed by atoms with E-state index in [0.29, 0.717) is 18.7 Å². The molecule has 108 valence electrons. The van der Waals surface area contributed by atoms with Crippen LogP contribution in [-0.4, -0.2) is 31.7 Å². The fourth-order valence-electron chi connectivity index (χ4n) is 1.51. The lowest BCUT2D eigenvalue weighted by molar-refractivity contribution is 0.0952. The van der Waals surface area contributed by atoms with E-state index >= 15 is 0 Å². The second kappa shape index (κ2) is 7.99. The summed E-state index contributed by atoms with van der Waals surface area (Å²) in [5.41, 5.74) is 2.83. The van der Waals surface area contributed by atoms with E-state index in [4.69, 9.17) is 4.74 Å². The Kier molecular flexibility index (Phi) is 6.29. The van der Waals surface area contributed by atoms with Gasteiger partial charge in [-0.2, -0.15) is 0 Å². The van der Waals surface area contributed by atoms with E-state index in [-0.39, 0.29) is 12.5 Å². The van der Waals surface area contributed by atoms with Gasteiger partial charge in [-0.05, 0) is 37.1 Å². The molecule has 0 saturated heterocycles. The van der Waals surface area contributed by atoms with Crippen LogP contribution in [0.2, 0.25) is 0 Å². The number of hydrogen-bond acceptors (Lipinski definition) is 3. The summed E-state index contributed by atoms with van der Waals surface area (Å²) in [7, 11) is 0. The minimum Gasteiger partial charge on any atom is -0.445 e. The molecule has 0 aliphatic carbocycles. The van der Waals surface area contributed by atoms with Crippen LogP contribution in [0.3, 0.4) is 0 Å². The van der Waals surface area contributed by atoms with Gasteiger partial charge in [0.15, 0.2) is 0 Å². The molecule has 2 N–H and O–H groups in total. The number of hydrogen-bond donors (Lipinski definition) is 2. The molecule has 0 saturated carbocycles. The Balaban J connectivity index is 2.31. The summed E-state index contributed by atoms with van der Waals surface area (Å²) in [5, 5.41) is 5.25.